The summed E-state index contributed by atoms with van der Waals surface area (Å²) in [6.07, 6.45) is 2.15. The van der Waals surface area contributed by atoms with Gasteiger partial charge in [-0.05, 0) is 24.2 Å². The van der Waals surface area contributed by atoms with Crippen LogP contribution in [0, 0.1) is 11.3 Å². The standard InChI is InChI=1S/C14H30ClNO/c1-12(2)7-10-17-11-9-16-13(6-8-15)14(3,4)5/h12-13,16H,6-11H2,1-5H3. The van der Waals surface area contributed by atoms with Gasteiger partial charge in [-0.2, -0.15) is 0 Å². The van der Waals surface area contributed by atoms with E-state index < -0.39 is 0 Å². The molecule has 17 heavy (non-hydrogen) atoms. The number of nitrogens with one attached hydrogen (secondary N) is 1. The highest BCUT2D eigenvalue weighted by Gasteiger charge is 2.22. The Hall–Kier alpha value is 0.210. The Labute approximate surface area is 112 Å². The first-order valence-corrected chi connectivity index (χ1v) is 7.28. The van der Waals surface area contributed by atoms with E-state index in [1.807, 2.05) is 0 Å². The van der Waals surface area contributed by atoms with E-state index in [0.717, 1.165) is 38.5 Å². The number of halogens is 1. The molecule has 0 radical (unpaired) electrons. The minimum Gasteiger partial charge on any atom is -0.380 e. The van der Waals surface area contributed by atoms with Crippen LogP contribution in [0.3, 0.4) is 0 Å². The van der Waals surface area contributed by atoms with Crippen LogP contribution >= 0.6 is 11.6 Å². The molecular weight excluding hydrogens is 234 g/mol. The van der Waals surface area contributed by atoms with Crippen LogP contribution in [0.1, 0.15) is 47.5 Å². The SMILES string of the molecule is CC(C)CCOCCNC(CCCl)C(C)(C)C. The Balaban J connectivity index is 3.62. The molecule has 0 aliphatic heterocycles. The fourth-order valence-electron chi connectivity index (χ4n) is 1.68. The summed E-state index contributed by atoms with van der Waals surface area (Å²) < 4.78 is 5.59. The first-order valence-electron chi connectivity index (χ1n) is 6.75. The van der Waals surface area contributed by atoms with E-state index in [1.54, 1.807) is 0 Å². The van der Waals surface area contributed by atoms with Crippen molar-refractivity contribution in [3.05, 3.63) is 0 Å². The molecule has 3 heteroatoms. The van der Waals surface area contributed by atoms with Gasteiger partial charge in [-0.1, -0.05) is 34.6 Å². The van der Waals surface area contributed by atoms with Gasteiger partial charge < -0.3 is 10.1 Å². The van der Waals surface area contributed by atoms with Gasteiger partial charge in [-0.25, -0.2) is 0 Å². The second-order valence-corrected chi connectivity index (χ2v) is 6.52. The first-order chi connectivity index (χ1) is 7.88. The van der Waals surface area contributed by atoms with Crippen molar-refractivity contribution in [2.24, 2.45) is 11.3 Å². The Morgan fingerprint density at radius 2 is 1.76 bits per heavy atom. The molecule has 0 saturated carbocycles. The largest absolute Gasteiger partial charge is 0.380 e. The monoisotopic (exact) mass is 263 g/mol. The molecule has 0 aliphatic rings. The van der Waals surface area contributed by atoms with Crippen molar-refractivity contribution < 1.29 is 4.74 Å². The second kappa shape index (κ2) is 9.18. The molecule has 0 aromatic rings. The van der Waals surface area contributed by atoms with E-state index in [0.29, 0.717) is 11.9 Å². The zero-order valence-corrected chi connectivity index (χ0v) is 12.9. The minimum atomic E-state index is 0.257. The highest BCUT2D eigenvalue weighted by molar-refractivity contribution is 6.17. The van der Waals surface area contributed by atoms with Crippen LogP contribution < -0.4 is 5.32 Å². The van der Waals surface area contributed by atoms with Gasteiger partial charge in [0.25, 0.3) is 0 Å². The molecule has 1 N–H and O–H groups in total. The normalized spacial score (nSPS) is 14.3. The maximum Gasteiger partial charge on any atom is 0.0591 e. The van der Waals surface area contributed by atoms with Crippen LogP contribution in [0.5, 0.6) is 0 Å². The average Bonchev–Trinajstić information content (AvgIpc) is 2.19. The van der Waals surface area contributed by atoms with Crippen molar-refractivity contribution in [1.82, 2.24) is 5.32 Å². The molecule has 0 spiro atoms. The van der Waals surface area contributed by atoms with Crippen LogP contribution in [0.15, 0.2) is 0 Å². The lowest BCUT2D eigenvalue weighted by atomic mass is 9.85. The third kappa shape index (κ3) is 9.87. The van der Waals surface area contributed by atoms with Gasteiger partial charge in [0.15, 0.2) is 0 Å². The second-order valence-electron chi connectivity index (χ2n) is 6.15. The van der Waals surface area contributed by atoms with Gasteiger partial charge in [-0.15, -0.1) is 11.6 Å². The molecule has 1 atom stereocenters. The third-order valence-corrected chi connectivity index (χ3v) is 3.14. The number of rotatable bonds is 9. The Bertz CT molecular complexity index is 178. The summed E-state index contributed by atoms with van der Waals surface area (Å²) in [4.78, 5) is 0. The topological polar surface area (TPSA) is 21.3 Å². The molecule has 1 unspecified atom stereocenters. The molecule has 0 rings (SSSR count). The Morgan fingerprint density at radius 3 is 2.24 bits per heavy atom. The summed E-state index contributed by atoms with van der Waals surface area (Å²) in [5.74, 6) is 1.44. The van der Waals surface area contributed by atoms with E-state index in [2.05, 4.69) is 39.9 Å². The zero-order valence-electron chi connectivity index (χ0n) is 12.2. The van der Waals surface area contributed by atoms with Crippen molar-refractivity contribution in [2.45, 2.75) is 53.5 Å². The average molecular weight is 264 g/mol. The molecule has 0 aliphatic carbocycles. The molecule has 2 nitrogen and oxygen atoms in total. The molecule has 0 amide bonds. The quantitative estimate of drug-likeness (QED) is 0.506. The number of hydrogen-bond donors (Lipinski definition) is 1. The summed E-state index contributed by atoms with van der Waals surface area (Å²) in [5.41, 5.74) is 0.257. The van der Waals surface area contributed by atoms with Crippen molar-refractivity contribution >= 4 is 11.6 Å². The molecule has 0 saturated heterocycles. The predicted molar refractivity (Wildman–Crippen MR) is 76.9 cm³/mol. The van der Waals surface area contributed by atoms with Crippen LogP contribution in [0.4, 0.5) is 0 Å². The maximum absolute atomic E-state index is 5.83. The van der Waals surface area contributed by atoms with Crippen LogP contribution in [0.25, 0.3) is 0 Å². The van der Waals surface area contributed by atoms with Gasteiger partial charge in [0.1, 0.15) is 0 Å². The fourth-order valence-corrected chi connectivity index (χ4v) is 1.90. The Kier molecular flexibility index (Phi) is 9.29. The van der Waals surface area contributed by atoms with Gasteiger partial charge >= 0.3 is 0 Å². The fraction of sp³-hybridized carbons (Fsp3) is 1.00. The minimum absolute atomic E-state index is 0.257. The summed E-state index contributed by atoms with van der Waals surface area (Å²) in [6, 6.07) is 0.466. The number of ether oxygens (including phenoxy) is 1. The molecule has 104 valence electrons. The highest BCUT2D eigenvalue weighted by atomic mass is 35.5. The van der Waals surface area contributed by atoms with Gasteiger partial charge in [-0.3, -0.25) is 0 Å². The van der Waals surface area contributed by atoms with Crippen molar-refractivity contribution in [1.29, 1.82) is 0 Å². The predicted octanol–water partition coefficient (Wildman–Crippen LogP) is 3.68. The zero-order chi connectivity index (χ0) is 13.3. The molecule has 0 fully saturated rings. The van der Waals surface area contributed by atoms with Crippen LogP contribution in [-0.2, 0) is 4.74 Å². The van der Waals surface area contributed by atoms with Gasteiger partial charge in [0.05, 0.1) is 6.61 Å². The van der Waals surface area contributed by atoms with E-state index in [9.17, 15) is 0 Å². The van der Waals surface area contributed by atoms with E-state index in [4.69, 9.17) is 16.3 Å². The van der Waals surface area contributed by atoms with Gasteiger partial charge in [0.2, 0.25) is 0 Å². The maximum atomic E-state index is 5.83. The lowest BCUT2D eigenvalue weighted by Crippen LogP contribution is -2.42. The van der Waals surface area contributed by atoms with E-state index in [1.165, 1.54) is 0 Å². The summed E-state index contributed by atoms with van der Waals surface area (Å²) in [7, 11) is 0. The summed E-state index contributed by atoms with van der Waals surface area (Å²) in [5, 5.41) is 3.54. The first kappa shape index (κ1) is 17.2. The smallest absolute Gasteiger partial charge is 0.0591 e. The summed E-state index contributed by atoms with van der Waals surface area (Å²) in [6.45, 7) is 13.8. The molecule has 0 heterocycles. The molecule has 0 bridgehead atoms. The molecule has 0 aromatic carbocycles. The van der Waals surface area contributed by atoms with Crippen LogP contribution in [0.2, 0.25) is 0 Å². The Morgan fingerprint density at radius 1 is 1.12 bits per heavy atom. The lowest BCUT2D eigenvalue weighted by molar-refractivity contribution is 0.118. The van der Waals surface area contributed by atoms with E-state index in [-0.39, 0.29) is 5.41 Å². The van der Waals surface area contributed by atoms with Crippen molar-refractivity contribution in [3.63, 3.8) is 0 Å². The van der Waals surface area contributed by atoms with Crippen molar-refractivity contribution in [3.8, 4) is 0 Å². The van der Waals surface area contributed by atoms with Gasteiger partial charge in [0, 0.05) is 25.1 Å². The van der Waals surface area contributed by atoms with Crippen molar-refractivity contribution in [2.75, 3.05) is 25.6 Å². The molecular formula is C14H30ClNO. The van der Waals surface area contributed by atoms with E-state index >= 15 is 0 Å². The molecule has 0 aromatic heterocycles. The van der Waals surface area contributed by atoms with Crippen LogP contribution in [-0.4, -0.2) is 31.7 Å². The summed E-state index contributed by atoms with van der Waals surface area (Å²) >= 11 is 5.83. The lowest BCUT2D eigenvalue weighted by Gasteiger charge is -2.31. The third-order valence-electron chi connectivity index (χ3n) is 2.92. The highest BCUT2D eigenvalue weighted by Crippen LogP contribution is 2.21. The number of hydrogen-bond acceptors (Lipinski definition) is 2. The number of alkyl halides is 1.